The van der Waals surface area contributed by atoms with Crippen LogP contribution < -0.4 is 5.32 Å². The van der Waals surface area contributed by atoms with Crippen LogP contribution in [0.15, 0.2) is 0 Å². The van der Waals surface area contributed by atoms with Crippen LogP contribution >= 0.6 is 0 Å². The molecule has 0 amide bonds. The van der Waals surface area contributed by atoms with Crippen molar-refractivity contribution in [2.45, 2.75) is 58.0 Å². The molecule has 3 nitrogen and oxygen atoms in total. The molecular weight excluding hydrogens is 234 g/mol. The van der Waals surface area contributed by atoms with Gasteiger partial charge in [0.05, 0.1) is 0 Å². The maximum atomic E-state index is 3.83. The first-order chi connectivity index (χ1) is 9.20. The van der Waals surface area contributed by atoms with E-state index in [2.05, 4.69) is 36.0 Å². The fraction of sp³-hybridized carbons (Fsp3) is 1.00. The van der Waals surface area contributed by atoms with Crippen molar-refractivity contribution in [1.29, 1.82) is 0 Å². The lowest BCUT2D eigenvalue weighted by molar-refractivity contribution is 0.149. The summed E-state index contributed by atoms with van der Waals surface area (Å²) in [4.78, 5) is 5.13. The zero-order valence-electron chi connectivity index (χ0n) is 13.2. The number of nitrogens with one attached hydrogen (secondary N) is 1. The summed E-state index contributed by atoms with van der Waals surface area (Å²) in [6.07, 6.45) is 6.94. The number of nitrogens with zero attached hydrogens (tertiary/aromatic N) is 2. The fourth-order valence-corrected chi connectivity index (χ4v) is 3.66. The van der Waals surface area contributed by atoms with Gasteiger partial charge in [-0.1, -0.05) is 13.3 Å². The van der Waals surface area contributed by atoms with Gasteiger partial charge >= 0.3 is 0 Å². The molecule has 112 valence electrons. The first-order valence-electron chi connectivity index (χ1n) is 8.36. The van der Waals surface area contributed by atoms with Crippen LogP contribution in [0.1, 0.15) is 46.0 Å². The molecule has 2 atom stereocenters. The lowest BCUT2D eigenvalue weighted by Crippen LogP contribution is -2.48. The van der Waals surface area contributed by atoms with E-state index in [1.807, 2.05) is 0 Å². The van der Waals surface area contributed by atoms with E-state index in [-0.39, 0.29) is 0 Å². The minimum Gasteiger partial charge on any atom is -0.312 e. The molecule has 2 aliphatic heterocycles. The molecule has 0 aromatic carbocycles. The van der Waals surface area contributed by atoms with E-state index in [1.54, 1.807) is 0 Å². The molecule has 0 aromatic rings. The first-order valence-corrected chi connectivity index (χ1v) is 8.36. The second-order valence-electron chi connectivity index (χ2n) is 6.60. The van der Waals surface area contributed by atoms with Crippen molar-refractivity contribution < 1.29 is 0 Å². The van der Waals surface area contributed by atoms with E-state index < -0.39 is 0 Å². The summed E-state index contributed by atoms with van der Waals surface area (Å²) in [5.41, 5.74) is 0. The maximum absolute atomic E-state index is 3.83. The molecule has 1 N–H and O–H groups in total. The van der Waals surface area contributed by atoms with Crippen LogP contribution in [-0.4, -0.2) is 61.7 Å². The van der Waals surface area contributed by atoms with Crippen molar-refractivity contribution in [2.24, 2.45) is 5.92 Å². The second-order valence-corrected chi connectivity index (χ2v) is 6.60. The van der Waals surface area contributed by atoms with Gasteiger partial charge in [-0.25, -0.2) is 0 Å². The molecule has 0 bridgehead atoms. The van der Waals surface area contributed by atoms with Gasteiger partial charge in [-0.2, -0.15) is 0 Å². The summed E-state index contributed by atoms with van der Waals surface area (Å²) in [5.74, 6) is 0.886. The molecule has 0 aromatic heterocycles. The molecule has 2 unspecified atom stereocenters. The Bertz CT molecular complexity index is 248. The first kappa shape index (κ1) is 15.3. The normalized spacial score (nSPS) is 29.5. The molecule has 0 radical (unpaired) electrons. The lowest BCUT2D eigenvalue weighted by Gasteiger charge is -2.37. The molecule has 2 fully saturated rings. The van der Waals surface area contributed by atoms with Gasteiger partial charge in [-0.05, 0) is 71.8 Å². The quantitative estimate of drug-likeness (QED) is 0.824. The zero-order chi connectivity index (χ0) is 13.7. The highest BCUT2D eigenvalue weighted by atomic mass is 15.2. The summed E-state index contributed by atoms with van der Waals surface area (Å²) in [5, 5.41) is 3.83. The van der Waals surface area contributed by atoms with Crippen LogP contribution in [0.25, 0.3) is 0 Å². The Kier molecular flexibility index (Phi) is 6.11. The standard InChI is InChI=1S/C16H33N3/c1-4-19-11-8-15(9-12-19)14(2)17-13-16-7-5-6-10-18(16)3/h14-17H,4-13H2,1-3H3. The second kappa shape index (κ2) is 7.61. The Morgan fingerprint density at radius 1 is 1.11 bits per heavy atom. The van der Waals surface area contributed by atoms with Crippen LogP contribution in [0.2, 0.25) is 0 Å². The van der Waals surface area contributed by atoms with Crippen LogP contribution in [0.4, 0.5) is 0 Å². The highest BCUT2D eigenvalue weighted by molar-refractivity contribution is 4.82. The fourth-order valence-electron chi connectivity index (χ4n) is 3.66. The lowest BCUT2D eigenvalue weighted by atomic mass is 9.90. The number of rotatable bonds is 5. The van der Waals surface area contributed by atoms with E-state index in [4.69, 9.17) is 0 Å². The van der Waals surface area contributed by atoms with Gasteiger partial charge in [0.2, 0.25) is 0 Å². The summed E-state index contributed by atoms with van der Waals surface area (Å²) in [6, 6.07) is 1.46. The molecule has 0 saturated carbocycles. The summed E-state index contributed by atoms with van der Waals surface area (Å²) < 4.78 is 0. The van der Waals surface area contributed by atoms with Crippen molar-refractivity contribution >= 4 is 0 Å². The monoisotopic (exact) mass is 267 g/mol. The predicted molar refractivity (Wildman–Crippen MR) is 82.6 cm³/mol. The van der Waals surface area contributed by atoms with Crippen molar-refractivity contribution in [3.8, 4) is 0 Å². The molecule has 2 heterocycles. The zero-order valence-corrected chi connectivity index (χ0v) is 13.2. The van der Waals surface area contributed by atoms with Crippen LogP contribution in [0, 0.1) is 5.92 Å². The largest absolute Gasteiger partial charge is 0.312 e. The van der Waals surface area contributed by atoms with Gasteiger partial charge in [0, 0.05) is 18.6 Å². The van der Waals surface area contributed by atoms with Gasteiger partial charge in [-0.3, -0.25) is 0 Å². The van der Waals surface area contributed by atoms with Gasteiger partial charge < -0.3 is 15.1 Å². The van der Waals surface area contributed by atoms with Gasteiger partial charge in [0.1, 0.15) is 0 Å². The minimum absolute atomic E-state index is 0.689. The molecule has 0 aliphatic carbocycles. The number of likely N-dealkylation sites (N-methyl/N-ethyl adjacent to an activating group) is 1. The van der Waals surface area contributed by atoms with Crippen LogP contribution in [-0.2, 0) is 0 Å². The Balaban J connectivity index is 1.68. The molecule has 3 heteroatoms. The third-order valence-electron chi connectivity index (χ3n) is 5.38. The van der Waals surface area contributed by atoms with E-state index in [1.165, 1.54) is 64.8 Å². The maximum Gasteiger partial charge on any atom is 0.0217 e. The molecule has 2 aliphatic rings. The predicted octanol–water partition coefficient (Wildman–Crippen LogP) is 2.18. The van der Waals surface area contributed by atoms with Crippen molar-refractivity contribution in [2.75, 3.05) is 39.8 Å². The summed E-state index contributed by atoms with van der Waals surface area (Å²) >= 11 is 0. The highest BCUT2D eigenvalue weighted by Gasteiger charge is 2.24. The van der Waals surface area contributed by atoms with Crippen molar-refractivity contribution in [3.63, 3.8) is 0 Å². The van der Waals surface area contributed by atoms with Crippen molar-refractivity contribution in [3.05, 3.63) is 0 Å². The third-order valence-corrected chi connectivity index (χ3v) is 5.38. The molecular formula is C16H33N3. The SMILES string of the molecule is CCN1CCC(C(C)NCC2CCCCN2C)CC1. The topological polar surface area (TPSA) is 18.5 Å². The van der Waals surface area contributed by atoms with Crippen LogP contribution in [0.3, 0.4) is 0 Å². The smallest absolute Gasteiger partial charge is 0.0217 e. The highest BCUT2D eigenvalue weighted by Crippen LogP contribution is 2.21. The number of piperidine rings is 2. The Morgan fingerprint density at radius 3 is 2.47 bits per heavy atom. The van der Waals surface area contributed by atoms with E-state index in [0.717, 1.165) is 12.0 Å². The Morgan fingerprint density at radius 2 is 1.84 bits per heavy atom. The van der Waals surface area contributed by atoms with Gasteiger partial charge in [-0.15, -0.1) is 0 Å². The van der Waals surface area contributed by atoms with Crippen molar-refractivity contribution in [1.82, 2.24) is 15.1 Å². The van der Waals surface area contributed by atoms with E-state index >= 15 is 0 Å². The molecule has 2 rings (SSSR count). The minimum atomic E-state index is 0.689. The molecule has 2 saturated heterocycles. The number of hydrogen-bond donors (Lipinski definition) is 1. The average molecular weight is 267 g/mol. The van der Waals surface area contributed by atoms with E-state index in [0.29, 0.717) is 6.04 Å². The summed E-state index contributed by atoms with van der Waals surface area (Å²) in [7, 11) is 2.29. The molecule has 0 spiro atoms. The Labute approximate surface area is 119 Å². The van der Waals surface area contributed by atoms with E-state index in [9.17, 15) is 0 Å². The third kappa shape index (κ3) is 4.44. The number of likely N-dealkylation sites (tertiary alicyclic amines) is 2. The average Bonchev–Trinajstić information content (AvgIpc) is 2.46. The molecule has 19 heavy (non-hydrogen) atoms. The van der Waals surface area contributed by atoms with Crippen LogP contribution in [0.5, 0.6) is 0 Å². The van der Waals surface area contributed by atoms with Gasteiger partial charge in [0.15, 0.2) is 0 Å². The summed E-state index contributed by atoms with van der Waals surface area (Å²) in [6.45, 7) is 11.0. The Hall–Kier alpha value is -0.120. The number of hydrogen-bond acceptors (Lipinski definition) is 3. The van der Waals surface area contributed by atoms with Gasteiger partial charge in [0.25, 0.3) is 0 Å².